The minimum absolute atomic E-state index is 0.0481. The molecule has 0 unspecified atom stereocenters. The number of carbonyl (C=O) groups excluding carboxylic acids is 1. The zero-order valence-electron chi connectivity index (χ0n) is 27.6. The fourth-order valence-electron chi connectivity index (χ4n) is 5.68. The Morgan fingerprint density at radius 2 is 1.89 bits per heavy atom. The molecule has 1 aromatic carbocycles. The van der Waals surface area contributed by atoms with Crippen molar-refractivity contribution in [2.24, 2.45) is 5.92 Å². The van der Waals surface area contributed by atoms with Crippen molar-refractivity contribution in [1.82, 2.24) is 19.9 Å². The number of carbonyl (C=O) groups is 1. The van der Waals surface area contributed by atoms with Gasteiger partial charge in [-0.05, 0) is 89.9 Å². The smallest absolute Gasteiger partial charge is 0.267 e. The highest BCUT2D eigenvalue weighted by Gasteiger charge is 2.31. The monoisotopic (exact) mass is 657 g/mol. The van der Waals surface area contributed by atoms with Crippen LogP contribution >= 0.6 is 0 Å². The van der Waals surface area contributed by atoms with E-state index in [0.29, 0.717) is 25.4 Å². The summed E-state index contributed by atoms with van der Waals surface area (Å²) in [5, 5.41) is 14.0. The summed E-state index contributed by atoms with van der Waals surface area (Å²) < 4.78 is 46.9. The first-order valence-corrected chi connectivity index (χ1v) is 17.2. The van der Waals surface area contributed by atoms with E-state index in [2.05, 4.69) is 26.7 Å². The molecule has 0 radical (unpaired) electrons. The van der Waals surface area contributed by atoms with Crippen molar-refractivity contribution in [3.8, 4) is 5.75 Å². The minimum atomic E-state index is -4.06. The van der Waals surface area contributed by atoms with Crippen LogP contribution in [0.4, 0.5) is 5.69 Å². The predicted molar refractivity (Wildman–Crippen MR) is 174 cm³/mol. The van der Waals surface area contributed by atoms with E-state index in [9.17, 15) is 18.3 Å². The number of rotatable bonds is 9. The number of aliphatic hydroxyl groups is 1. The number of likely N-dealkylation sites (N-methyl/N-ethyl adjacent to an activating group) is 1. The molecule has 4 rings (SSSR count). The summed E-state index contributed by atoms with van der Waals surface area (Å²) in [7, 11) is -2.01. The molecule has 0 spiro atoms. The normalized spacial score (nSPS) is 20.9. The number of ether oxygens (including phenoxy) is 2. The van der Waals surface area contributed by atoms with Crippen LogP contribution in [0.5, 0.6) is 5.75 Å². The van der Waals surface area contributed by atoms with Crippen molar-refractivity contribution in [2.45, 2.75) is 83.6 Å². The van der Waals surface area contributed by atoms with E-state index in [-0.39, 0.29) is 58.2 Å². The van der Waals surface area contributed by atoms with Crippen molar-refractivity contribution in [3.05, 3.63) is 65.3 Å². The number of aromatic nitrogens is 2. The maximum atomic E-state index is 14.4. The van der Waals surface area contributed by atoms with Gasteiger partial charge in [0.05, 0.1) is 30.4 Å². The summed E-state index contributed by atoms with van der Waals surface area (Å²) in [5.74, 6) is 0.0411. The molecule has 1 amide bonds. The molecule has 0 aliphatic carbocycles. The second kappa shape index (κ2) is 15.9. The van der Waals surface area contributed by atoms with E-state index in [1.165, 1.54) is 13.0 Å². The number of sulfonamides is 1. The number of pyridine rings is 1. The summed E-state index contributed by atoms with van der Waals surface area (Å²) in [5.41, 5.74) is 1.76. The van der Waals surface area contributed by atoms with Crippen molar-refractivity contribution < 1.29 is 32.3 Å². The Bertz CT molecular complexity index is 1530. The van der Waals surface area contributed by atoms with E-state index in [0.717, 1.165) is 31.4 Å². The number of fused-ring (bicyclic) bond motifs is 1. The van der Waals surface area contributed by atoms with Gasteiger partial charge in [-0.15, -0.1) is 0 Å². The van der Waals surface area contributed by atoms with Gasteiger partial charge in [0.15, 0.2) is 10.7 Å². The van der Waals surface area contributed by atoms with E-state index in [4.69, 9.17) is 14.0 Å². The Morgan fingerprint density at radius 1 is 1.15 bits per heavy atom. The first kappa shape index (κ1) is 35.3. The minimum Gasteiger partial charge on any atom is -0.490 e. The Balaban J connectivity index is 1.66. The molecule has 4 atom stereocenters. The second-order valence-electron chi connectivity index (χ2n) is 12.3. The summed E-state index contributed by atoms with van der Waals surface area (Å²) in [4.78, 5) is 22.2. The maximum Gasteiger partial charge on any atom is 0.267 e. The lowest BCUT2D eigenvalue weighted by atomic mass is 10.0. The van der Waals surface area contributed by atoms with Gasteiger partial charge in [-0.25, -0.2) is 8.42 Å². The zero-order chi connectivity index (χ0) is 33.4. The SMILES string of the molecule is Cc1noc(C)c1S(=O)(=O)Nc1ccc2c(c1)C(=O)N([C@H](C)CO)C[C@H](C)[C@@H](CN(C)Cc1ccncc1)OCCCC[C@@H](C)O2. The van der Waals surface area contributed by atoms with Gasteiger partial charge in [-0.1, -0.05) is 12.1 Å². The Labute approximate surface area is 272 Å². The number of anilines is 1. The molecular weight excluding hydrogens is 610 g/mol. The van der Waals surface area contributed by atoms with E-state index in [1.54, 1.807) is 43.3 Å². The van der Waals surface area contributed by atoms with Crippen molar-refractivity contribution in [1.29, 1.82) is 0 Å². The van der Waals surface area contributed by atoms with Crippen LogP contribution in [0.3, 0.4) is 0 Å². The summed E-state index contributed by atoms with van der Waals surface area (Å²) in [6.45, 7) is 10.9. The van der Waals surface area contributed by atoms with Gasteiger partial charge in [0.25, 0.3) is 15.9 Å². The van der Waals surface area contributed by atoms with E-state index < -0.39 is 16.1 Å². The van der Waals surface area contributed by atoms with Crippen molar-refractivity contribution in [3.63, 3.8) is 0 Å². The molecule has 46 heavy (non-hydrogen) atoms. The number of hydrogen-bond donors (Lipinski definition) is 2. The van der Waals surface area contributed by atoms with Crippen LogP contribution in [0.1, 0.15) is 67.4 Å². The van der Waals surface area contributed by atoms with Crippen molar-refractivity contribution >= 4 is 21.6 Å². The number of aryl methyl sites for hydroxylation is 2. The fourth-order valence-corrected chi connectivity index (χ4v) is 7.07. The zero-order valence-corrected chi connectivity index (χ0v) is 28.4. The maximum absolute atomic E-state index is 14.4. The molecular formula is C33H47N5O7S. The standard InChI is InChI=1S/C33H47N5O7S/c1-22-18-38(23(2)21-39)33(40)29-17-28(36-46(41,42)32-25(4)35-45-26(32)5)10-11-30(29)44-24(3)9-7-8-16-43-31(22)20-37(6)19-27-12-14-34-15-13-27/h10-15,17,22-24,31,36,39H,7-9,16,18-21H2,1-6H3/t22-,23+,24+,31+/m0/s1. The Hall–Kier alpha value is -3.52. The molecule has 0 bridgehead atoms. The largest absolute Gasteiger partial charge is 0.490 e. The number of nitrogens with one attached hydrogen (secondary N) is 1. The quantitative estimate of drug-likeness (QED) is 0.339. The molecule has 0 saturated heterocycles. The summed E-state index contributed by atoms with van der Waals surface area (Å²) in [6, 6.07) is 8.13. The second-order valence-corrected chi connectivity index (χ2v) is 13.9. The average Bonchev–Trinajstić information content (AvgIpc) is 3.37. The van der Waals surface area contributed by atoms with Gasteiger partial charge in [-0.2, -0.15) is 0 Å². The van der Waals surface area contributed by atoms with Gasteiger partial charge in [0.2, 0.25) is 0 Å². The number of amides is 1. The highest BCUT2D eigenvalue weighted by molar-refractivity contribution is 7.92. The Kier molecular flexibility index (Phi) is 12.2. The molecule has 3 heterocycles. The molecule has 13 heteroatoms. The average molecular weight is 658 g/mol. The van der Waals surface area contributed by atoms with Crippen LogP contribution in [0.2, 0.25) is 0 Å². The van der Waals surface area contributed by atoms with Crippen LogP contribution < -0.4 is 9.46 Å². The predicted octanol–water partition coefficient (Wildman–Crippen LogP) is 4.41. The molecule has 2 aromatic heterocycles. The van der Waals surface area contributed by atoms with Crippen LogP contribution in [0.25, 0.3) is 0 Å². The van der Waals surface area contributed by atoms with Gasteiger partial charge in [0.1, 0.15) is 11.4 Å². The molecule has 252 valence electrons. The highest BCUT2D eigenvalue weighted by Crippen LogP contribution is 2.30. The third-order valence-electron chi connectivity index (χ3n) is 8.23. The first-order chi connectivity index (χ1) is 21.9. The molecule has 3 aromatic rings. The van der Waals surface area contributed by atoms with Crippen LogP contribution in [-0.4, -0.2) is 91.0 Å². The topological polar surface area (TPSA) is 147 Å². The third-order valence-corrected chi connectivity index (χ3v) is 9.86. The molecule has 0 saturated carbocycles. The van der Waals surface area contributed by atoms with E-state index in [1.807, 2.05) is 26.1 Å². The summed E-state index contributed by atoms with van der Waals surface area (Å²) >= 11 is 0. The van der Waals surface area contributed by atoms with Gasteiger partial charge in [-0.3, -0.25) is 19.4 Å². The highest BCUT2D eigenvalue weighted by atomic mass is 32.2. The van der Waals surface area contributed by atoms with Crippen LogP contribution in [0.15, 0.2) is 52.1 Å². The van der Waals surface area contributed by atoms with Gasteiger partial charge in [0, 0.05) is 50.2 Å². The van der Waals surface area contributed by atoms with Crippen LogP contribution in [0, 0.1) is 19.8 Å². The van der Waals surface area contributed by atoms with Gasteiger partial charge < -0.3 is 24.0 Å². The number of benzene rings is 1. The molecule has 2 N–H and O–H groups in total. The Morgan fingerprint density at radius 3 is 2.57 bits per heavy atom. The van der Waals surface area contributed by atoms with Gasteiger partial charge >= 0.3 is 0 Å². The van der Waals surface area contributed by atoms with E-state index >= 15 is 0 Å². The number of nitrogens with zero attached hydrogens (tertiary/aromatic N) is 4. The molecule has 1 aliphatic heterocycles. The first-order valence-electron chi connectivity index (χ1n) is 15.8. The number of hydrogen-bond acceptors (Lipinski definition) is 10. The lowest BCUT2D eigenvalue weighted by molar-refractivity contribution is -0.0177. The third kappa shape index (κ3) is 9.05. The summed E-state index contributed by atoms with van der Waals surface area (Å²) in [6.07, 6.45) is 5.65. The molecule has 12 nitrogen and oxygen atoms in total. The molecule has 1 aliphatic rings. The van der Waals surface area contributed by atoms with Crippen LogP contribution in [-0.2, 0) is 21.3 Å². The lowest BCUT2D eigenvalue weighted by Crippen LogP contribution is -2.47. The fraction of sp³-hybridized carbons (Fsp3) is 0.545. The number of aliphatic hydroxyl groups excluding tert-OH is 1. The lowest BCUT2D eigenvalue weighted by Gasteiger charge is -2.36. The molecule has 0 fully saturated rings. The van der Waals surface area contributed by atoms with Crippen molar-refractivity contribution in [2.75, 3.05) is 38.1 Å².